The van der Waals surface area contributed by atoms with E-state index in [0.29, 0.717) is 22.5 Å². The quantitative estimate of drug-likeness (QED) is 0.672. The van der Waals surface area contributed by atoms with Crippen LogP contribution in [0.3, 0.4) is 0 Å². The monoisotopic (exact) mass is 311 g/mol. The third-order valence-electron chi connectivity index (χ3n) is 2.69. The summed E-state index contributed by atoms with van der Waals surface area (Å²) in [5.41, 5.74) is 4.48. The van der Waals surface area contributed by atoms with Crippen molar-refractivity contribution in [3.8, 4) is 0 Å². The second-order valence-corrected chi connectivity index (χ2v) is 5.51. The number of anilines is 1. The number of nitrogens with zero attached hydrogens (tertiary/aromatic N) is 1. The van der Waals surface area contributed by atoms with Crippen LogP contribution in [0.15, 0.2) is 22.7 Å². The summed E-state index contributed by atoms with van der Waals surface area (Å²) in [5, 5.41) is 0.671. The highest BCUT2D eigenvalue weighted by Gasteiger charge is 2.12. The summed E-state index contributed by atoms with van der Waals surface area (Å²) in [5.74, 6) is 5.63. The van der Waals surface area contributed by atoms with Crippen LogP contribution in [-0.2, 0) is 6.42 Å². The van der Waals surface area contributed by atoms with E-state index in [1.165, 1.54) is 6.07 Å². The molecule has 0 aliphatic rings. The number of nitrogen functional groups attached to an aromatic ring is 1. The molecule has 0 radical (unpaired) electrons. The van der Waals surface area contributed by atoms with Crippen LogP contribution in [0, 0.1) is 11.7 Å². The number of aromatic nitrogens is 1. The highest BCUT2D eigenvalue weighted by molar-refractivity contribution is 9.10. The summed E-state index contributed by atoms with van der Waals surface area (Å²) >= 11 is 3.40. The van der Waals surface area contributed by atoms with E-state index in [1.54, 1.807) is 6.07 Å². The normalized spacial score (nSPS) is 11.2. The summed E-state index contributed by atoms with van der Waals surface area (Å²) in [7, 11) is 0. The fourth-order valence-corrected chi connectivity index (χ4v) is 2.49. The van der Waals surface area contributed by atoms with E-state index in [1.807, 2.05) is 6.07 Å². The lowest BCUT2D eigenvalue weighted by Gasteiger charge is -2.12. The van der Waals surface area contributed by atoms with Gasteiger partial charge in [0.25, 0.3) is 0 Å². The molecule has 2 aromatic rings. The van der Waals surface area contributed by atoms with E-state index in [0.717, 1.165) is 16.6 Å². The molecule has 0 aliphatic carbocycles. The number of nitrogens with two attached hydrogens (primary N) is 1. The molecule has 3 nitrogen and oxygen atoms in total. The smallest absolute Gasteiger partial charge is 0.149 e. The lowest BCUT2D eigenvalue weighted by atomic mass is 10.1. The molecule has 5 heteroatoms. The fraction of sp³-hybridized carbons (Fsp3) is 0.308. The van der Waals surface area contributed by atoms with Crippen LogP contribution in [0.2, 0.25) is 0 Å². The maximum atomic E-state index is 13.8. The molecular formula is C13H15BrFN3. The van der Waals surface area contributed by atoms with E-state index in [-0.39, 0.29) is 5.82 Å². The molecule has 1 aromatic carbocycles. The number of halogens is 2. The number of hydrogen-bond donors (Lipinski definition) is 2. The van der Waals surface area contributed by atoms with E-state index >= 15 is 0 Å². The Morgan fingerprint density at radius 2 is 2.17 bits per heavy atom. The van der Waals surface area contributed by atoms with Gasteiger partial charge in [-0.25, -0.2) is 9.37 Å². The topological polar surface area (TPSA) is 50.9 Å². The van der Waals surface area contributed by atoms with Gasteiger partial charge in [-0.3, -0.25) is 5.84 Å². The molecule has 2 rings (SSSR count). The Morgan fingerprint density at radius 1 is 1.44 bits per heavy atom. The molecule has 0 atom stereocenters. The minimum absolute atomic E-state index is 0.338. The Morgan fingerprint density at radius 3 is 2.78 bits per heavy atom. The summed E-state index contributed by atoms with van der Waals surface area (Å²) in [6.07, 6.45) is 0.788. The lowest BCUT2D eigenvalue weighted by molar-refractivity contribution is 0.625. The number of hydrazine groups is 1. The molecule has 96 valence electrons. The Hall–Kier alpha value is -1.20. The molecule has 0 fully saturated rings. The molecular weight excluding hydrogens is 297 g/mol. The Labute approximate surface area is 114 Å². The van der Waals surface area contributed by atoms with Crippen molar-refractivity contribution in [3.05, 3.63) is 34.2 Å². The third-order valence-corrected chi connectivity index (χ3v) is 3.35. The Bertz CT molecular complexity index is 584. The average Bonchev–Trinajstić information content (AvgIpc) is 2.32. The second-order valence-electron chi connectivity index (χ2n) is 4.66. The van der Waals surface area contributed by atoms with E-state index < -0.39 is 0 Å². The van der Waals surface area contributed by atoms with Crippen LogP contribution in [0.5, 0.6) is 0 Å². The first kappa shape index (κ1) is 13.2. The highest BCUT2D eigenvalue weighted by Crippen LogP contribution is 2.32. The number of hydrogen-bond acceptors (Lipinski definition) is 3. The predicted octanol–water partition coefficient (Wildman–Crippen LogP) is 3.62. The Kier molecular flexibility index (Phi) is 3.82. The molecule has 3 N–H and O–H groups in total. The molecule has 1 heterocycles. The number of fused-ring (bicyclic) bond motifs is 1. The summed E-state index contributed by atoms with van der Waals surface area (Å²) in [4.78, 5) is 4.38. The van der Waals surface area contributed by atoms with Gasteiger partial charge in [-0.2, -0.15) is 0 Å². The highest BCUT2D eigenvalue weighted by atomic mass is 79.9. The van der Waals surface area contributed by atoms with Crippen molar-refractivity contribution in [2.75, 3.05) is 5.43 Å². The van der Waals surface area contributed by atoms with Crippen LogP contribution < -0.4 is 11.3 Å². The van der Waals surface area contributed by atoms with Gasteiger partial charge in [0.2, 0.25) is 0 Å². The standard InChI is InChI=1S/C13H15BrFN3/c1-7(2)5-8-6-11(18-16)12-9(14)3-4-10(15)13(12)17-8/h3-4,6-7H,5,16H2,1-2H3,(H,17,18). The van der Waals surface area contributed by atoms with Crippen molar-refractivity contribution in [1.82, 2.24) is 4.98 Å². The van der Waals surface area contributed by atoms with E-state index in [4.69, 9.17) is 5.84 Å². The molecule has 0 saturated carbocycles. The van der Waals surface area contributed by atoms with Gasteiger partial charge >= 0.3 is 0 Å². The molecule has 0 saturated heterocycles. The number of rotatable bonds is 3. The summed E-state index contributed by atoms with van der Waals surface area (Å²) in [6.45, 7) is 4.19. The SMILES string of the molecule is CC(C)Cc1cc(NN)c2c(Br)ccc(F)c2n1. The van der Waals surface area contributed by atoms with Crippen molar-refractivity contribution in [1.29, 1.82) is 0 Å². The van der Waals surface area contributed by atoms with Crippen molar-refractivity contribution >= 4 is 32.5 Å². The first-order valence-electron chi connectivity index (χ1n) is 5.77. The van der Waals surface area contributed by atoms with Crippen LogP contribution in [0.4, 0.5) is 10.1 Å². The molecule has 0 amide bonds. The maximum Gasteiger partial charge on any atom is 0.149 e. The van der Waals surface area contributed by atoms with Crippen LogP contribution in [0.1, 0.15) is 19.5 Å². The molecule has 1 aromatic heterocycles. The van der Waals surface area contributed by atoms with Gasteiger partial charge in [0.15, 0.2) is 0 Å². The summed E-state index contributed by atoms with van der Waals surface area (Å²) < 4.78 is 14.6. The van der Waals surface area contributed by atoms with Gasteiger partial charge in [0.05, 0.1) is 5.69 Å². The number of nitrogens with one attached hydrogen (secondary N) is 1. The zero-order valence-corrected chi connectivity index (χ0v) is 11.9. The van der Waals surface area contributed by atoms with Gasteiger partial charge in [-0.1, -0.05) is 29.8 Å². The zero-order chi connectivity index (χ0) is 13.3. The molecule has 0 aliphatic heterocycles. The third kappa shape index (κ3) is 2.47. The van der Waals surface area contributed by atoms with Gasteiger partial charge in [0, 0.05) is 15.6 Å². The molecule has 0 bridgehead atoms. The molecule has 0 spiro atoms. The fourth-order valence-electron chi connectivity index (χ4n) is 1.96. The minimum atomic E-state index is -0.338. The number of benzene rings is 1. The first-order valence-corrected chi connectivity index (χ1v) is 6.56. The second kappa shape index (κ2) is 5.20. The van der Waals surface area contributed by atoms with Crippen LogP contribution >= 0.6 is 15.9 Å². The van der Waals surface area contributed by atoms with E-state index in [2.05, 4.69) is 40.2 Å². The summed E-state index contributed by atoms with van der Waals surface area (Å²) in [6, 6.07) is 4.92. The van der Waals surface area contributed by atoms with Crippen LogP contribution in [-0.4, -0.2) is 4.98 Å². The van der Waals surface area contributed by atoms with Gasteiger partial charge in [-0.05, 0) is 30.5 Å². The van der Waals surface area contributed by atoms with Crippen molar-refractivity contribution < 1.29 is 4.39 Å². The molecule has 0 unspecified atom stereocenters. The van der Waals surface area contributed by atoms with E-state index in [9.17, 15) is 4.39 Å². The van der Waals surface area contributed by atoms with Crippen molar-refractivity contribution in [2.45, 2.75) is 20.3 Å². The zero-order valence-electron chi connectivity index (χ0n) is 10.3. The van der Waals surface area contributed by atoms with Crippen molar-refractivity contribution in [3.63, 3.8) is 0 Å². The number of pyridine rings is 1. The van der Waals surface area contributed by atoms with Crippen LogP contribution in [0.25, 0.3) is 10.9 Å². The largest absolute Gasteiger partial charge is 0.323 e. The predicted molar refractivity (Wildman–Crippen MR) is 75.8 cm³/mol. The average molecular weight is 312 g/mol. The first-order chi connectivity index (χ1) is 8.52. The van der Waals surface area contributed by atoms with Gasteiger partial charge in [-0.15, -0.1) is 0 Å². The minimum Gasteiger partial charge on any atom is -0.323 e. The maximum absolute atomic E-state index is 13.8. The molecule has 18 heavy (non-hydrogen) atoms. The van der Waals surface area contributed by atoms with Gasteiger partial charge < -0.3 is 5.43 Å². The van der Waals surface area contributed by atoms with Crippen molar-refractivity contribution in [2.24, 2.45) is 11.8 Å². The lowest BCUT2D eigenvalue weighted by Crippen LogP contribution is -2.10. The Balaban J connectivity index is 2.71. The van der Waals surface area contributed by atoms with Gasteiger partial charge in [0.1, 0.15) is 11.3 Å².